The summed E-state index contributed by atoms with van der Waals surface area (Å²) in [6, 6.07) is 0.324. The Morgan fingerprint density at radius 3 is 2.44 bits per heavy atom. The van der Waals surface area contributed by atoms with Gasteiger partial charge in [0.2, 0.25) is 0 Å². The molecule has 90 valence electrons. The van der Waals surface area contributed by atoms with E-state index in [0.717, 1.165) is 10.1 Å². The lowest BCUT2D eigenvalue weighted by Gasteiger charge is -2.27. The molecule has 0 N–H and O–H groups in total. The molecule has 1 aromatic heterocycles. The lowest BCUT2D eigenvalue weighted by Crippen LogP contribution is -2.31. The van der Waals surface area contributed by atoms with Crippen LogP contribution in [-0.4, -0.2) is 21.0 Å². The van der Waals surface area contributed by atoms with Crippen LogP contribution >= 0.6 is 22.6 Å². The second-order valence-electron chi connectivity index (χ2n) is 5.77. The largest absolute Gasteiger partial charge is 0.367 e. The SMILES string of the molecule is Cc1cn(C2CC(C)(C)OC2(C)C)nc1I. The fourth-order valence-electron chi connectivity index (χ4n) is 2.57. The van der Waals surface area contributed by atoms with Crippen molar-refractivity contribution < 1.29 is 4.74 Å². The lowest BCUT2D eigenvalue weighted by molar-refractivity contribution is -0.0737. The first kappa shape index (κ1) is 12.4. The number of aromatic nitrogens is 2. The summed E-state index contributed by atoms with van der Waals surface area (Å²) < 4.78 is 9.25. The molecule has 0 aliphatic carbocycles. The van der Waals surface area contributed by atoms with E-state index >= 15 is 0 Å². The predicted molar refractivity (Wildman–Crippen MR) is 72.6 cm³/mol. The maximum absolute atomic E-state index is 6.09. The average Bonchev–Trinajstić information content (AvgIpc) is 2.50. The van der Waals surface area contributed by atoms with Gasteiger partial charge in [-0.2, -0.15) is 5.10 Å². The summed E-state index contributed by atoms with van der Waals surface area (Å²) in [5, 5.41) is 4.58. The van der Waals surface area contributed by atoms with E-state index in [1.165, 1.54) is 5.56 Å². The van der Waals surface area contributed by atoms with E-state index in [9.17, 15) is 0 Å². The molecule has 1 unspecified atom stereocenters. The summed E-state index contributed by atoms with van der Waals surface area (Å²) in [5.41, 5.74) is 1.03. The molecule has 0 radical (unpaired) electrons. The topological polar surface area (TPSA) is 27.1 Å². The first-order valence-corrected chi connectivity index (χ1v) is 6.71. The van der Waals surface area contributed by atoms with Crippen molar-refractivity contribution in [2.75, 3.05) is 0 Å². The summed E-state index contributed by atoms with van der Waals surface area (Å²) >= 11 is 2.28. The Balaban J connectivity index is 2.34. The predicted octanol–water partition coefficient (Wildman–Crippen LogP) is 3.31. The van der Waals surface area contributed by atoms with Crippen LogP contribution in [0.3, 0.4) is 0 Å². The van der Waals surface area contributed by atoms with E-state index in [-0.39, 0.29) is 11.2 Å². The molecule has 0 bridgehead atoms. The monoisotopic (exact) mass is 334 g/mol. The number of hydrogen-bond acceptors (Lipinski definition) is 2. The van der Waals surface area contributed by atoms with Gasteiger partial charge in [-0.3, -0.25) is 4.68 Å². The summed E-state index contributed by atoms with van der Waals surface area (Å²) in [7, 11) is 0. The highest BCUT2D eigenvalue weighted by Gasteiger charge is 2.47. The van der Waals surface area contributed by atoms with Gasteiger partial charge in [0.15, 0.2) is 0 Å². The number of aryl methyl sites for hydroxylation is 1. The van der Waals surface area contributed by atoms with Crippen LogP contribution in [0.15, 0.2) is 6.20 Å². The molecule has 0 aromatic carbocycles. The van der Waals surface area contributed by atoms with Gasteiger partial charge in [0.1, 0.15) is 3.70 Å². The quantitative estimate of drug-likeness (QED) is 0.737. The average molecular weight is 334 g/mol. The van der Waals surface area contributed by atoms with E-state index in [2.05, 4.69) is 73.2 Å². The molecular weight excluding hydrogens is 315 g/mol. The molecule has 2 heterocycles. The minimum Gasteiger partial charge on any atom is -0.367 e. The van der Waals surface area contributed by atoms with E-state index < -0.39 is 0 Å². The molecule has 3 nitrogen and oxygen atoms in total. The third-order valence-corrected chi connectivity index (χ3v) is 4.27. The molecule has 16 heavy (non-hydrogen) atoms. The molecule has 1 fully saturated rings. The van der Waals surface area contributed by atoms with Gasteiger partial charge in [-0.15, -0.1) is 0 Å². The number of nitrogens with zero attached hydrogens (tertiary/aromatic N) is 2. The van der Waals surface area contributed by atoms with Crippen molar-refractivity contribution in [3.63, 3.8) is 0 Å². The zero-order chi connectivity index (χ0) is 12.1. The van der Waals surface area contributed by atoms with Crippen molar-refractivity contribution in [3.05, 3.63) is 15.5 Å². The van der Waals surface area contributed by atoms with Gasteiger partial charge in [0.25, 0.3) is 0 Å². The molecule has 0 saturated carbocycles. The zero-order valence-electron chi connectivity index (χ0n) is 10.5. The molecule has 1 aromatic rings. The van der Waals surface area contributed by atoms with Crippen molar-refractivity contribution in [2.45, 2.75) is 58.3 Å². The van der Waals surface area contributed by atoms with Crippen LogP contribution in [0, 0.1) is 10.6 Å². The first-order valence-electron chi connectivity index (χ1n) is 5.63. The Kier molecular flexibility index (Phi) is 2.86. The fraction of sp³-hybridized carbons (Fsp3) is 0.750. The highest BCUT2D eigenvalue weighted by molar-refractivity contribution is 14.1. The molecule has 2 rings (SSSR count). The van der Waals surface area contributed by atoms with Gasteiger partial charge in [-0.05, 0) is 57.2 Å². The van der Waals surface area contributed by atoms with Gasteiger partial charge in [-0.1, -0.05) is 0 Å². The van der Waals surface area contributed by atoms with E-state index in [1.807, 2.05) is 0 Å². The smallest absolute Gasteiger partial charge is 0.126 e. The first-order chi connectivity index (χ1) is 7.21. The number of halogens is 1. The second kappa shape index (κ2) is 3.70. The highest BCUT2D eigenvalue weighted by Crippen LogP contribution is 2.44. The summed E-state index contributed by atoms with van der Waals surface area (Å²) in [4.78, 5) is 0. The number of rotatable bonds is 1. The van der Waals surface area contributed by atoms with Crippen molar-refractivity contribution in [3.8, 4) is 0 Å². The number of hydrogen-bond donors (Lipinski definition) is 0. The third-order valence-electron chi connectivity index (χ3n) is 3.20. The van der Waals surface area contributed by atoms with Crippen LogP contribution in [0.25, 0.3) is 0 Å². The van der Waals surface area contributed by atoms with Crippen LogP contribution in [0.4, 0.5) is 0 Å². The molecule has 0 amide bonds. The molecule has 4 heteroatoms. The molecule has 1 atom stereocenters. The Bertz CT molecular complexity index is 390. The van der Waals surface area contributed by atoms with Gasteiger partial charge < -0.3 is 4.74 Å². The summed E-state index contributed by atoms with van der Waals surface area (Å²) in [5.74, 6) is 0. The van der Waals surface area contributed by atoms with Crippen LogP contribution < -0.4 is 0 Å². The van der Waals surface area contributed by atoms with Crippen molar-refractivity contribution in [1.82, 2.24) is 9.78 Å². The Labute approximate surface area is 111 Å². The molecule has 0 spiro atoms. The van der Waals surface area contributed by atoms with Gasteiger partial charge in [-0.25, -0.2) is 0 Å². The Morgan fingerprint density at radius 2 is 2.06 bits per heavy atom. The van der Waals surface area contributed by atoms with Crippen molar-refractivity contribution in [2.24, 2.45) is 0 Å². The molecule has 1 aliphatic rings. The second-order valence-corrected chi connectivity index (χ2v) is 6.79. The van der Waals surface area contributed by atoms with E-state index in [1.54, 1.807) is 0 Å². The van der Waals surface area contributed by atoms with Gasteiger partial charge in [0, 0.05) is 18.2 Å². The third kappa shape index (κ3) is 2.14. The van der Waals surface area contributed by atoms with Crippen LogP contribution in [-0.2, 0) is 4.74 Å². The fourth-order valence-corrected chi connectivity index (χ4v) is 2.95. The number of ether oxygens (including phenoxy) is 1. The molecule has 1 saturated heterocycles. The Morgan fingerprint density at radius 1 is 1.44 bits per heavy atom. The summed E-state index contributed by atoms with van der Waals surface area (Å²) in [6.07, 6.45) is 3.14. The standard InChI is InChI=1S/C12H19IN2O/c1-8-7-15(14-10(8)13)9-6-11(2,3)16-12(9,4)5/h7,9H,6H2,1-5H3. The van der Waals surface area contributed by atoms with E-state index in [4.69, 9.17) is 4.74 Å². The minimum absolute atomic E-state index is 0.0561. The Hall–Kier alpha value is -0.100. The maximum Gasteiger partial charge on any atom is 0.126 e. The lowest BCUT2D eigenvalue weighted by atomic mass is 9.95. The van der Waals surface area contributed by atoms with Crippen molar-refractivity contribution >= 4 is 22.6 Å². The van der Waals surface area contributed by atoms with Crippen molar-refractivity contribution in [1.29, 1.82) is 0 Å². The minimum atomic E-state index is -0.148. The molecular formula is C12H19IN2O. The normalized spacial score (nSPS) is 27.2. The maximum atomic E-state index is 6.09. The van der Waals surface area contributed by atoms with Gasteiger partial charge in [0.05, 0.1) is 17.2 Å². The van der Waals surface area contributed by atoms with Crippen LogP contribution in [0.5, 0.6) is 0 Å². The van der Waals surface area contributed by atoms with E-state index in [0.29, 0.717) is 6.04 Å². The summed E-state index contributed by atoms with van der Waals surface area (Å²) in [6.45, 7) is 10.7. The van der Waals surface area contributed by atoms with Gasteiger partial charge >= 0.3 is 0 Å². The van der Waals surface area contributed by atoms with Crippen LogP contribution in [0.1, 0.15) is 45.7 Å². The highest BCUT2D eigenvalue weighted by atomic mass is 127. The zero-order valence-corrected chi connectivity index (χ0v) is 12.7. The molecule has 1 aliphatic heterocycles. The van der Waals surface area contributed by atoms with Crippen LogP contribution in [0.2, 0.25) is 0 Å².